The minimum atomic E-state index is -0.703. The second kappa shape index (κ2) is 14.9. The van der Waals surface area contributed by atoms with Crippen LogP contribution >= 0.6 is 0 Å². The van der Waals surface area contributed by atoms with Crippen LogP contribution in [0, 0.1) is 5.41 Å². The summed E-state index contributed by atoms with van der Waals surface area (Å²) in [4.78, 5) is 11.7. The lowest BCUT2D eigenvalue weighted by Gasteiger charge is -2.27. The monoisotopic (exact) mass is 332 g/mol. The quantitative estimate of drug-likeness (QED) is 0.299. The highest BCUT2D eigenvalue weighted by Crippen LogP contribution is 2.21. The van der Waals surface area contributed by atoms with Crippen LogP contribution in [-0.2, 0) is 9.53 Å². The first-order valence-corrected chi connectivity index (χ1v) is 9.12. The maximum Gasteiger partial charge on any atom is 0.305 e. The van der Waals surface area contributed by atoms with Crippen LogP contribution in [0.15, 0.2) is 0 Å². The molecule has 0 amide bonds. The number of aliphatic hydroxyl groups is 3. The van der Waals surface area contributed by atoms with E-state index in [1.54, 1.807) is 0 Å². The topological polar surface area (TPSA) is 87.0 Å². The number of rotatable bonds is 16. The van der Waals surface area contributed by atoms with E-state index in [9.17, 15) is 15.0 Å². The molecule has 0 unspecified atom stereocenters. The van der Waals surface area contributed by atoms with Crippen molar-refractivity contribution in [3.05, 3.63) is 0 Å². The Morgan fingerprint density at radius 3 is 1.74 bits per heavy atom. The van der Waals surface area contributed by atoms with Gasteiger partial charge >= 0.3 is 5.97 Å². The van der Waals surface area contributed by atoms with Crippen LogP contribution in [0.2, 0.25) is 0 Å². The lowest BCUT2D eigenvalue weighted by Crippen LogP contribution is -2.35. The molecule has 0 aromatic carbocycles. The van der Waals surface area contributed by atoms with E-state index in [-0.39, 0.29) is 25.8 Å². The molecule has 0 saturated heterocycles. The molecule has 0 bridgehead atoms. The van der Waals surface area contributed by atoms with Crippen LogP contribution in [-0.4, -0.2) is 47.7 Å². The van der Waals surface area contributed by atoms with Crippen molar-refractivity contribution >= 4 is 5.97 Å². The largest absolute Gasteiger partial charge is 0.465 e. The molecular weight excluding hydrogens is 296 g/mol. The summed E-state index contributed by atoms with van der Waals surface area (Å²) in [6, 6.07) is 0. The average Bonchev–Trinajstić information content (AvgIpc) is 2.58. The van der Waals surface area contributed by atoms with Gasteiger partial charge in [0.25, 0.3) is 0 Å². The summed E-state index contributed by atoms with van der Waals surface area (Å²) in [7, 11) is 0. The van der Waals surface area contributed by atoms with Crippen LogP contribution in [0.5, 0.6) is 0 Å². The summed E-state index contributed by atoms with van der Waals surface area (Å²) in [5.74, 6) is -0.242. The summed E-state index contributed by atoms with van der Waals surface area (Å²) in [5, 5.41) is 27.3. The Kier molecular flexibility index (Phi) is 14.5. The highest BCUT2D eigenvalue weighted by molar-refractivity contribution is 5.69. The molecule has 138 valence electrons. The van der Waals surface area contributed by atoms with Gasteiger partial charge in [-0.2, -0.15) is 0 Å². The van der Waals surface area contributed by atoms with Crippen LogP contribution in [0.3, 0.4) is 0 Å². The lowest BCUT2D eigenvalue weighted by molar-refractivity contribution is -0.149. The van der Waals surface area contributed by atoms with Gasteiger partial charge in [-0.1, -0.05) is 51.9 Å². The van der Waals surface area contributed by atoms with Gasteiger partial charge in [0, 0.05) is 13.0 Å². The van der Waals surface area contributed by atoms with Crippen LogP contribution in [0.1, 0.15) is 77.6 Å². The molecule has 0 aliphatic rings. The molecule has 0 aliphatic carbocycles. The molecule has 0 radical (unpaired) electrons. The van der Waals surface area contributed by atoms with Crippen molar-refractivity contribution in [2.24, 2.45) is 5.41 Å². The van der Waals surface area contributed by atoms with E-state index in [4.69, 9.17) is 9.84 Å². The molecule has 0 atom stereocenters. The molecule has 0 rings (SSSR count). The van der Waals surface area contributed by atoms with Crippen molar-refractivity contribution in [2.75, 3.05) is 26.4 Å². The van der Waals surface area contributed by atoms with E-state index < -0.39 is 5.41 Å². The minimum absolute atomic E-state index is 0.0865. The Balaban J connectivity index is 3.50. The molecule has 5 nitrogen and oxygen atoms in total. The molecule has 23 heavy (non-hydrogen) atoms. The number of hydrogen-bond acceptors (Lipinski definition) is 5. The number of hydrogen-bond donors (Lipinski definition) is 3. The first-order chi connectivity index (χ1) is 11.1. The first-order valence-electron chi connectivity index (χ1n) is 9.12. The summed E-state index contributed by atoms with van der Waals surface area (Å²) < 4.78 is 5.18. The number of ether oxygens (including phenoxy) is 1. The normalized spacial score (nSPS) is 11.7. The van der Waals surface area contributed by atoms with E-state index in [2.05, 4.69) is 0 Å². The fourth-order valence-electron chi connectivity index (χ4n) is 2.39. The van der Waals surface area contributed by atoms with Gasteiger partial charge in [-0.15, -0.1) is 0 Å². The van der Waals surface area contributed by atoms with Gasteiger partial charge in [-0.3, -0.25) is 4.79 Å². The Bertz CT molecular complexity index is 268. The van der Waals surface area contributed by atoms with E-state index in [0.717, 1.165) is 32.1 Å². The van der Waals surface area contributed by atoms with E-state index in [1.165, 1.54) is 25.7 Å². The van der Waals surface area contributed by atoms with E-state index in [1.807, 2.05) is 6.92 Å². The number of carbonyl (C=O) groups is 1. The third kappa shape index (κ3) is 11.5. The zero-order chi connectivity index (χ0) is 17.4. The third-order valence-corrected chi connectivity index (χ3v) is 4.50. The van der Waals surface area contributed by atoms with Gasteiger partial charge in [0.1, 0.15) is 6.61 Å². The van der Waals surface area contributed by atoms with Crippen molar-refractivity contribution in [3.63, 3.8) is 0 Å². The number of esters is 1. The Hall–Kier alpha value is -0.650. The SMILES string of the molecule is CCC(CO)(CO)COC(=O)CCCCCCCCCCCO. The standard InChI is InChI=1S/C18H36O5/c1-2-18(14-20,15-21)16-23-17(22)12-10-8-6-4-3-5-7-9-11-13-19/h19-21H,2-16H2,1H3. The minimum Gasteiger partial charge on any atom is -0.465 e. The zero-order valence-corrected chi connectivity index (χ0v) is 14.8. The van der Waals surface area contributed by atoms with Gasteiger partial charge in [0.2, 0.25) is 0 Å². The van der Waals surface area contributed by atoms with Gasteiger partial charge < -0.3 is 20.1 Å². The molecule has 0 aromatic heterocycles. The van der Waals surface area contributed by atoms with Crippen LogP contribution in [0.4, 0.5) is 0 Å². The second-order valence-corrected chi connectivity index (χ2v) is 6.49. The molecule has 0 aliphatic heterocycles. The van der Waals surface area contributed by atoms with Crippen molar-refractivity contribution in [1.29, 1.82) is 0 Å². The molecule has 0 saturated carbocycles. The van der Waals surface area contributed by atoms with Crippen LogP contribution < -0.4 is 0 Å². The highest BCUT2D eigenvalue weighted by Gasteiger charge is 2.28. The predicted molar refractivity (Wildman–Crippen MR) is 91.1 cm³/mol. The van der Waals surface area contributed by atoms with Crippen LogP contribution in [0.25, 0.3) is 0 Å². The number of aliphatic hydroxyl groups excluding tert-OH is 3. The van der Waals surface area contributed by atoms with Gasteiger partial charge in [-0.05, 0) is 19.3 Å². The zero-order valence-electron chi connectivity index (χ0n) is 14.8. The summed E-state index contributed by atoms with van der Waals surface area (Å²) in [6.45, 7) is 1.90. The fourth-order valence-corrected chi connectivity index (χ4v) is 2.39. The Labute approximate surface area is 141 Å². The highest BCUT2D eigenvalue weighted by atomic mass is 16.5. The van der Waals surface area contributed by atoms with Gasteiger partial charge in [0.15, 0.2) is 0 Å². The smallest absolute Gasteiger partial charge is 0.305 e. The Morgan fingerprint density at radius 2 is 1.30 bits per heavy atom. The molecule has 3 N–H and O–H groups in total. The summed E-state index contributed by atoms with van der Waals surface area (Å²) in [6.07, 6.45) is 10.9. The first kappa shape index (κ1) is 22.4. The molecule has 5 heteroatoms. The number of carbonyl (C=O) groups excluding carboxylic acids is 1. The van der Waals surface area contributed by atoms with Crippen molar-refractivity contribution < 1.29 is 24.9 Å². The maximum atomic E-state index is 11.7. The second-order valence-electron chi connectivity index (χ2n) is 6.49. The summed E-state index contributed by atoms with van der Waals surface area (Å²) in [5.41, 5.74) is -0.703. The van der Waals surface area contributed by atoms with Crippen molar-refractivity contribution in [3.8, 4) is 0 Å². The van der Waals surface area contributed by atoms with Gasteiger partial charge in [-0.25, -0.2) is 0 Å². The van der Waals surface area contributed by atoms with Crippen molar-refractivity contribution in [1.82, 2.24) is 0 Å². The van der Waals surface area contributed by atoms with Crippen molar-refractivity contribution in [2.45, 2.75) is 77.6 Å². The molecule has 0 spiro atoms. The number of unbranched alkanes of at least 4 members (excludes halogenated alkanes) is 8. The molecule has 0 fully saturated rings. The lowest BCUT2D eigenvalue weighted by atomic mass is 9.88. The summed E-state index contributed by atoms with van der Waals surface area (Å²) >= 11 is 0. The predicted octanol–water partition coefficient (Wildman–Crippen LogP) is 2.80. The molecule has 0 aromatic rings. The van der Waals surface area contributed by atoms with Gasteiger partial charge in [0.05, 0.1) is 18.6 Å². The van der Waals surface area contributed by atoms with E-state index in [0.29, 0.717) is 19.4 Å². The average molecular weight is 332 g/mol. The fraction of sp³-hybridized carbons (Fsp3) is 0.944. The molecule has 0 heterocycles. The third-order valence-electron chi connectivity index (χ3n) is 4.50. The molecular formula is C18H36O5. The van der Waals surface area contributed by atoms with E-state index >= 15 is 0 Å². The Morgan fingerprint density at radius 1 is 0.826 bits per heavy atom. The maximum absolute atomic E-state index is 11.7.